The molecule has 3 amide bonds. The van der Waals surface area contributed by atoms with Gasteiger partial charge in [-0.05, 0) is 30.0 Å². The van der Waals surface area contributed by atoms with Crippen LogP contribution in [0.25, 0.3) is 10.8 Å². The molecule has 0 saturated carbocycles. The molecule has 0 fully saturated rings. The lowest BCUT2D eigenvalue weighted by Crippen LogP contribution is -2.28. The van der Waals surface area contributed by atoms with Crippen molar-refractivity contribution in [2.24, 2.45) is 7.05 Å². The largest absolute Gasteiger partial charge is 0.443 e. The summed E-state index contributed by atoms with van der Waals surface area (Å²) in [5.41, 5.74) is 1.57. The summed E-state index contributed by atoms with van der Waals surface area (Å²) in [6.07, 6.45) is 2.94. The molecular weight excluding hydrogens is 360 g/mol. The van der Waals surface area contributed by atoms with Gasteiger partial charge in [-0.25, -0.2) is 14.6 Å². The van der Waals surface area contributed by atoms with Crippen molar-refractivity contribution in [1.82, 2.24) is 25.4 Å². The number of carbonyl (C=O) groups is 2. The minimum Gasteiger partial charge on any atom is -0.443 e. The molecule has 0 unspecified atom stereocenters. The normalized spacial score (nSPS) is 10.5. The minimum absolute atomic E-state index is 0.110. The highest BCUT2D eigenvalue weighted by molar-refractivity contribution is 5.92. The van der Waals surface area contributed by atoms with Crippen LogP contribution < -0.4 is 16.0 Å². The number of anilines is 1. The van der Waals surface area contributed by atoms with E-state index in [9.17, 15) is 9.59 Å². The zero-order chi connectivity index (χ0) is 19.9. The van der Waals surface area contributed by atoms with Crippen LogP contribution in [0.5, 0.6) is 0 Å². The Bertz CT molecular complexity index is 985. The summed E-state index contributed by atoms with van der Waals surface area (Å²) in [4.78, 5) is 27.8. The summed E-state index contributed by atoms with van der Waals surface area (Å²) >= 11 is 0. The number of urea groups is 1. The van der Waals surface area contributed by atoms with Crippen LogP contribution in [0.2, 0.25) is 0 Å². The number of nitrogens with zero attached hydrogens (tertiary/aromatic N) is 3. The fourth-order valence-electron chi connectivity index (χ4n) is 2.68. The number of pyridine rings is 1. The number of fused-ring (bicyclic) bond motifs is 1. The highest BCUT2D eigenvalue weighted by atomic mass is 16.5. The van der Waals surface area contributed by atoms with Crippen molar-refractivity contribution in [3.05, 3.63) is 54.0 Å². The quantitative estimate of drug-likeness (QED) is 0.607. The van der Waals surface area contributed by atoms with Gasteiger partial charge >= 0.3 is 12.1 Å². The molecule has 3 N–H and O–H groups in total. The molecule has 2 aromatic heterocycles. The molecule has 0 atom stereocenters. The zero-order valence-corrected chi connectivity index (χ0v) is 15.7. The van der Waals surface area contributed by atoms with Crippen molar-refractivity contribution in [3.8, 4) is 0 Å². The first-order valence-electron chi connectivity index (χ1n) is 8.87. The number of ether oxygens (including phenoxy) is 1. The predicted molar refractivity (Wildman–Crippen MR) is 105 cm³/mol. The average Bonchev–Trinajstić information content (AvgIpc) is 3.10. The lowest BCUT2D eigenvalue weighted by Gasteiger charge is -2.10. The first-order valence-corrected chi connectivity index (χ1v) is 8.87. The van der Waals surface area contributed by atoms with Crippen molar-refractivity contribution in [1.29, 1.82) is 0 Å². The number of carbonyl (C=O) groups excluding carboxylic acids is 2. The van der Waals surface area contributed by atoms with Gasteiger partial charge in [0.15, 0.2) is 0 Å². The first-order chi connectivity index (χ1) is 13.5. The SMILES string of the molecule is CCNC(=O)Nc1cc2cccc(CNC(=O)OCc3ccn(C)n3)c2cn1. The van der Waals surface area contributed by atoms with Gasteiger partial charge in [0, 0.05) is 37.9 Å². The number of alkyl carbamates (subject to hydrolysis) is 1. The predicted octanol–water partition coefficient (Wildman–Crippen LogP) is 2.54. The first kappa shape index (κ1) is 19.2. The second kappa shape index (κ2) is 8.85. The van der Waals surface area contributed by atoms with Gasteiger partial charge in [0.2, 0.25) is 0 Å². The fourth-order valence-corrected chi connectivity index (χ4v) is 2.68. The molecule has 0 radical (unpaired) electrons. The molecule has 0 aliphatic heterocycles. The Hall–Kier alpha value is -3.62. The molecule has 2 heterocycles. The third kappa shape index (κ3) is 4.97. The van der Waals surface area contributed by atoms with Crippen LogP contribution in [0.1, 0.15) is 18.2 Å². The maximum absolute atomic E-state index is 11.9. The van der Waals surface area contributed by atoms with Gasteiger partial charge in [0.05, 0.1) is 5.69 Å². The average molecular weight is 382 g/mol. The van der Waals surface area contributed by atoms with E-state index in [1.54, 1.807) is 36.3 Å². The van der Waals surface area contributed by atoms with Crippen LogP contribution in [-0.2, 0) is 24.9 Å². The molecule has 0 saturated heterocycles. The van der Waals surface area contributed by atoms with Crippen LogP contribution in [0.4, 0.5) is 15.4 Å². The number of aromatic nitrogens is 3. The van der Waals surface area contributed by atoms with Gasteiger partial charge in [0.25, 0.3) is 0 Å². The highest BCUT2D eigenvalue weighted by Gasteiger charge is 2.08. The number of hydrogen-bond donors (Lipinski definition) is 3. The van der Waals surface area contributed by atoms with E-state index >= 15 is 0 Å². The van der Waals surface area contributed by atoms with Crippen LogP contribution in [0.3, 0.4) is 0 Å². The Kier molecular flexibility index (Phi) is 6.05. The van der Waals surface area contributed by atoms with E-state index in [2.05, 4.69) is 26.0 Å². The molecule has 1 aromatic carbocycles. The van der Waals surface area contributed by atoms with Crippen molar-refractivity contribution in [3.63, 3.8) is 0 Å². The standard InChI is InChI=1S/C19H22N6O3/c1-3-20-18(26)23-17-9-13-5-4-6-14(16(13)11-21-17)10-22-19(27)28-12-15-7-8-25(2)24-15/h4-9,11H,3,10,12H2,1-2H3,(H,22,27)(H2,20,21,23,26). The topological polar surface area (TPSA) is 110 Å². The molecule has 0 aliphatic rings. The maximum Gasteiger partial charge on any atom is 0.407 e. The molecule has 3 rings (SSSR count). The molecule has 28 heavy (non-hydrogen) atoms. The van der Waals surface area contributed by atoms with Crippen molar-refractivity contribution < 1.29 is 14.3 Å². The fraction of sp³-hybridized carbons (Fsp3) is 0.263. The minimum atomic E-state index is -0.523. The molecular formula is C19H22N6O3. The van der Waals surface area contributed by atoms with E-state index < -0.39 is 6.09 Å². The Morgan fingerprint density at radius 1 is 1.21 bits per heavy atom. The maximum atomic E-state index is 11.9. The van der Waals surface area contributed by atoms with E-state index in [0.717, 1.165) is 16.3 Å². The third-order valence-corrected chi connectivity index (χ3v) is 3.98. The molecule has 0 spiro atoms. The van der Waals surface area contributed by atoms with E-state index in [0.29, 0.717) is 24.6 Å². The molecule has 3 aromatic rings. The van der Waals surface area contributed by atoms with Gasteiger partial charge in [-0.3, -0.25) is 10.00 Å². The highest BCUT2D eigenvalue weighted by Crippen LogP contribution is 2.20. The van der Waals surface area contributed by atoms with Crippen molar-refractivity contribution in [2.75, 3.05) is 11.9 Å². The third-order valence-electron chi connectivity index (χ3n) is 3.98. The van der Waals surface area contributed by atoms with Crippen LogP contribution >= 0.6 is 0 Å². The van der Waals surface area contributed by atoms with E-state index in [4.69, 9.17) is 4.74 Å². The number of hydrogen-bond acceptors (Lipinski definition) is 5. The summed E-state index contributed by atoms with van der Waals surface area (Å²) in [6.45, 7) is 2.78. The Balaban J connectivity index is 1.61. The second-order valence-corrected chi connectivity index (χ2v) is 6.10. The number of nitrogens with one attached hydrogen (secondary N) is 3. The smallest absolute Gasteiger partial charge is 0.407 e. The summed E-state index contributed by atoms with van der Waals surface area (Å²) in [7, 11) is 1.80. The Morgan fingerprint density at radius 2 is 2.07 bits per heavy atom. The van der Waals surface area contributed by atoms with Gasteiger partial charge in [0.1, 0.15) is 12.4 Å². The lowest BCUT2D eigenvalue weighted by molar-refractivity contribution is 0.137. The van der Waals surface area contributed by atoms with E-state index in [1.165, 1.54) is 0 Å². The van der Waals surface area contributed by atoms with Gasteiger partial charge in [-0.1, -0.05) is 18.2 Å². The molecule has 0 aliphatic carbocycles. The van der Waals surface area contributed by atoms with Crippen molar-refractivity contribution in [2.45, 2.75) is 20.1 Å². The summed E-state index contributed by atoms with van der Waals surface area (Å²) in [5.74, 6) is 0.457. The van der Waals surface area contributed by atoms with Gasteiger partial charge < -0.3 is 15.4 Å². The van der Waals surface area contributed by atoms with Crippen LogP contribution in [0, 0.1) is 0 Å². The lowest BCUT2D eigenvalue weighted by atomic mass is 10.1. The van der Waals surface area contributed by atoms with Crippen LogP contribution in [-0.4, -0.2) is 33.4 Å². The summed E-state index contributed by atoms with van der Waals surface area (Å²) in [5, 5.41) is 14.0. The summed E-state index contributed by atoms with van der Waals surface area (Å²) in [6, 6.07) is 8.98. The monoisotopic (exact) mass is 382 g/mol. The number of rotatable bonds is 6. The van der Waals surface area contributed by atoms with Gasteiger partial charge in [-0.15, -0.1) is 0 Å². The summed E-state index contributed by atoms with van der Waals surface area (Å²) < 4.78 is 6.81. The number of aryl methyl sites for hydroxylation is 1. The molecule has 0 bridgehead atoms. The number of amides is 3. The Labute approximate surface area is 162 Å². The van der Waals surface area contributed by atoms with Gasteiger partial charge in [-0.2, -0.15) is 5.10 Å². The molecule has 9 heteroatoms. The van der Waals surface area contributed by atoms with E-state index in [-0.39, 0.29) is 12.6 Å². The molecule has 146 valence electrons. The number of benzene rings is 1. The van der Waals surface area contributed by atoms with E-state index in [1.807, 2.05) is 25.1 Å². The second-order valence-electron chi connectivity index (χ2n) is 6.10. The molecule has 9 nitrogen and oxygen atoms in total. The van der Waals surface area contributed by atoms with Crippen LogP contribution in [0.15, 0.2) is 42.7 Å². The Morgan fingerprint density at radius 3 is 2.82 bits per heavy atom. The van der Waals surface area contributed by atoms with Crippen molar-refractivity contribution >= 4 is 28.7 Å². The zero-order valence-electron chi connectivity index (χ0n) is 15.7.